The molecule has 0 fully saturated rings. The Labute approximate surface area is 197 Å². The van der Waals surface area contributed by atoms with Crippen LogP contribution in [-0.4, -0.2) is 38.0 Å². The van der Waals surface area contributed by atoms with Crippen LogP contribution in [0.25, 0.3) is 0 Å². The predicted molar refractivity (Wildman–Crippen MR) is 124 cm³/mol. The molecule has 0 radical (unpaired) electrons. The van der Waals surface area contributed by atoms with Crippen LogP contribution in [0.2, 0.25) is 5.02 Å². The normalized spacial score (nSPS) is 11.9. The van der Waals surface area contributed by atoms with Crippen molar-refractivity contribution in [1.29, 1.82) is 0 Å². The molecule has 7 nitrogen and oxygen atoms in total. The number of pyridine rings is 2. The second-order valence-electron chi connectivity index (χ2n) is 8.27. The molecule has 0 saturated carbocycles. The molecule has 0 spiro atoms. The molecule has 174 valence electrons. The van der Waals surface area contributed by atoms with Gasteiger partial charge < -0.3 is 4.74 Å². The highest BCUT2D eigenvalue weighted by Gasteiger charge is 2.30. The Bertz CT molecular complexity index is 1260. The molecule has 0 atom stereocenters. The first-order valence-corrected chi connectivity index (χ1v) is 11.7. The fraction of sp³-hybridized carbons (Fsp3) is 0.261. The summed E-state index contributed by atoms with van der Waals surface area (Å²) in [5, 5.41) is 0.123. The third-order valence-electron chi connectivity index (χ3n) is 4.86. The van der Waals surface area contributed by atoms with Gasteiger partial charge in [-0.15, -0.1) is 0 Å². The van der Waals surface area contributed by atoms with Crippen molar-refractivity contribution in [3.63, 3.8) is 0 Å². The molecule has 0 amide bonds. The average molecular weight is 492 g/mol. The summed E-state index contributed by atoms with van der Waals surface area (Å²) >= 11 is 6.10. The number of benzene rings is 1. The van der Waals surface area contributed by atoms with Gasteiger partial charge in [0.25, 0.3) is 10.0 Å². The summed E-state index contributed by atoms with van der Waals surface area (Å²) < 4.78 is 46.4. The maximum absolute atomic E-state index is 13.6. The highest BCUT2D eigenvalue weighted by Crippen LogP contribution is 2.31. The van der Waals surface area contributed by atoms with Crippen LogP contribution in [0.5, 0.6) is 0 Å². The largest absolute Gasteiger partial charge is 0.363 e. The van der Waals surface area contributed by atoms with Crippen molar-refractivity contribution in [3.8, 4) is 0 Å². The average Bonchev–Trinajstić information content (AvgIpc) is 2.77. The molecule has 2 aromatic heterocycles. The van der Waals surface area contributed by atoms with Crippen LogP contribution in [0, 0.1) is 5.95 Å². The predicted octanol–water partition coefficient (Wildman–Crippen LogP) is 4.60. The standard InChI is InChI=1S/C23H23ClFN3O4S/c1-23(2,3)16-6-8-18(9-7-16)33(30,31)28(14-32-4)19-11-17(24)13-27-21(19)22(29)15-5-10-20(25)26-12-15/h5-13H,14H2,1-4H3. The van der Waals surface area contributed by atoms with Crippen molar-refractivity contribution >= 4 is 33.1 Å². The van der Waals surface area contributed by atoms with Crippen LogP contribution in [0.3, 0.4) is 0 Å². The van der Waals surface area contributed by atoms with Gasteiger partial charge in [-0.2, -0.15) is 4.39 Å². The van der Waals surface area contributed by atoms with Crippen molar-refractivity contribution in [2.24, 2.45) is 0 Å². The van der Waals surface area contributed by atoms with Gasteiger partial charge in [0.15, 0.2) is 0 Å². The second-order valence-corrected chi connectivity index (χ2v) is 10.6. The van der Waals surface area contributed by atoms with E-state index >= 15 is 0 Å². The molecular weight excluding hydrogens is 469 g/mol. The molecular formula is C23H23ClFN3O4S. The van der Waals surface area contributed by atoms with Crippen LogP contribution in [0.15, 0.2) is 59.8 Å². The van der Waals surface area contributed by atoms with E-state index < -0.39 is 28.5 Å². The number of carbonyl (C=O) groups excluding carboxylic acids is 1. The minimum atomic E-state index is -4.16. The van der Waals surface area contributed by atoms with Gasteiger partial charge >= 0.3 is 0 Å². The number of halogens is 2. The molecule has 0 aliphatic heterocycles. The first-order valence-electron chi connectivity index (χ1n) is 9.89. The van der Waals surface area contributed by atoms with E-state index in [1.165, 1.54) is 37.6 Å². The summed E-state index contributed by atoms with van der Waals surface area (Å²) in [5.74, 6) is -1.40. The molecule has 10 heteroatoms. The van der Waals surface area contributed by atoms with E-state index in [-0.39, 0.29) is 32.3 Å². The Kier molecular flexibility index (Phi) is 7.16. The molecule has 0 saturated heterocycles. The van der Waals surface area contributed by atoms with Crippen LogP contribution >= 0.6 is 11.6 Å². The van der Waals surface area contributed by atoms with Crippen LogP contribution in [-0.2, 0) is 20.2 Å². The van der Waals surface area contributed by atoms with Crippen LogP contribution in [0.1, 0.15) is 42.4 Å². The van der Waals surface area contributed by atoms with E-state index in [9.17, 15) is 17.6 Å². The Morgan fingerprint density at radius 1 is 1.09 bits per heavy atom. The number of rotatable bonds is 7. The quantitative estimate of drug-likeness (QED) is 0.272. The molecule has 0 bridgehead atoms. The lowest BCUT2D eigenvalue weighted by Crippen LogP contribution is -2.34. The molecule has 3 aromatic rings. The van der Waals surface area contributed by atoms with E-state index in [1.807, 2.05) is 20.8 Å². The van der Waals surface area contributed by atoms with Gasteiger partial charge in [0.1, 0.15) is 12.4 Å². The number of sulfonamides is 1. The molecule has 33 heavy (non-hydrogen) atoms. The van der Waals surface area contributed by atoms with Crippen molar-refractivity contribution < 1.29 is 22.3 Å². The molecule has 0 N–H and O–H groups in total. The van der Waals surface area contributed by atoms with E-state index in [0.717, 1.165) is 22.1 Å². The van der Waals surface area contributed by atoms with Crippen molar-refractivity contribution in [2.45, 2.75) is 31.1 Å². The molecule has 0 unspecified atom stereocenters. The Hall–Kier alpha value is -2.88. The lowest BCUT2D eigenvalue weighted by Gasteiger charge is -2.26. The third-order valence-corrected chi connectivity index (χ3v) is 6.82. The first kappa shape index (κ1) is 24.8. The molecule has 0 aliphatic carbocycles. The van der Waals surface area contributed by atoms with Gasteiger partial charge in [-0.25, -0.2) is 22.7 Å². The maximum Gasteiger partial charge on any atom is 0.266 e. The topological polar surface area (TPSA) is 89.5 Å². The smallest absolute Gasteiger partial charge is 0.266 e. The Balaban J connectivity index is 2.12. The van der Waals surface area contributed by atoms with Gasteiger partial charge in [-0.3, -0.25) is 4.79 Å². The lowest BCUT2D eigenvalue weighted by atomic mass is 9.87. The summed E-state index contributed by atoms with van der Waals surface area (Å²) in [6, 6.07) is 10.1. The summed E-state index contributed by atoms with van der Waals surface area (Å²) in [5.41, 5.74) is 0.577. The number of hydrogen-bond donors (Lipinski definition) is 0. The number of carbonyl (C=O) groups is 1. The number of aromatic nitrogens is 2. The van der Waals surface area contributed by atoms with Crippen molar-refractivity contribution in [3.05, 3.63) is 82.6 Å². The summed E-state index contributed by atoms with van der Waals surface area (Å²) in [7, 11) is -2.83. The van der Waals surface area contributed by atoms with E-state index in [0.29, 0.717) is 0 Å². The fourth-order valence-corrected chi connectivity index (χ4v) is 4.61. The van der Waals surface area contributed by atoms with Crippen LogP contribution < -0.4 is 4.31 Å². The van der Waals surface area contributed by atoms with Gasteiger partial charge in [-0.1, -0.05) is 44.5 Å². The zero-order chi connectivity index (χ0) is 24.4. The summed E-state index contributed by atoms with van der Waals surface area (Å²) in [6.45, 7) is 5.67. The maximum atomic E-state index is 13.6. The minimum Gasteiger partial charge on any atom is -0.363 e. The SMILES string of the molecule is COCN(c1cc(Cl)cnc1C(=O)c1ccc(F)nc1)S(=O)(=O)c1ccc(C(C)(C)C)cc1. The van der Waals surface area contributed by atoms with Crippen molar-refractivity contribution in [2.75, 3.05) is 18.1 Å². The van der Waals surface area contributed by atoms with E-state index in [2.05, 4.69) is 9.97 Å². The summed E-state index contributed by atoms with van der Waals surface area (Å²) in [6.07, 6.45) is 2.28. The van der Waals surface area contributed by atoms with Gasteiger partial charge in [0.05, 0.1) is 15.6 Å². The van der Waals surface area contributed by atoms with Gasteiger partial charge in [0.2, 0.25) is 11.7 Å². The zero-order valence-electron chi connectivity index (χ0n) is 18.5. The van der Waals surface area contributed by atoms with Crippen molar-refractivity contribution in [1.82, 2.24) is 9.97 Å². The van der Waals surface area contributed by atoms with Crippen LogP contribution in [0.4, 0.5) is 10.1 Å². The highest BCUT2D eigenvalue weighted by molar-refractivity contribution is 7.92. The highest BCUT2D eigenvalue weighted by atomic mass is 35.5. The minimum absolute atomic E-state index is 0.00868. The number of nitrogens with zero attached hydrogens (tertiary/aromatic N) is 3. The van der Waals surface area contributed by atoms with Gasteiger partial charge in [-0.05, 0) is 41.3 Å². The van der Waals surface area contributed by atoms with E-state index in [4.69, 9.17) is 16.3 Å². The van der Waals surface area contributed by atoms with E-state index in [1.54, 1.807) is 12.1 Å². The molecule has 1 aromatic carbocycles. The Morgan fingerprint density at radius 2 is 1.76 bits per heavy atom. The number of ketones is 1. The third kappa shape index (κ3) is 5.38. The monoisotopic (exact) mass is 491 g/mol. The first-order chi connectivity index (χ1) is 15.4. The molecule has 0 aliphatic rings. The molecule has 2 heterocycles. The number of anilines is 1. The molecule has 3 rings (SSSR count). The zero-order valence-corrected chi connectivity index (χ0v) is 20.1. The number of ether oxygens (including phenoxy) is 1. The number of methoxy groups -OCH3 is 1. The fourth-order valence-electron chi connectivity index (χ4n) is 3.08. The second kappa shape index (κ2) is 9.54. The van der Waals surface area contributed by atoms with Gasteiger partial charge in [0, 0.05) is 25.1 Å². The summed E-state index contributed by atoms with van der Waals surface area (Å²) in [4.78, 5) is 20.6. The Morgan fingerprint density at radius 3 is 2.30 bits per heavy atom. The lowest BCUT2D eigenvalue weighted by molar-refractivity contribution is 0.103. The number of hydrogen-bond acceptors (Lipinski definition) is 6.